The molecule has 6 rings (SSSR count). The van der Waals surface area contributed by atoms with Crippen LogP contribution in [-0.2, 0) is 17.6 Å². The van der Waals surface area contributed by atoms with Gasteiger partial charge in [0.05, 0.1) is 28.7 Å². The Balaban J connectivity index is 0.000000158. The van der Waals surface area contributed by atoms with Gasteiger partial charge in [0.15, 0.2) is 0 Å². The first-order valence-electron chi connectivity index (χ1n) is 12.4. The van der Waals surface area contributed by atoms with E-state index in [0.29, 0.717) is 33.7 Å². The number of nitrogens with zero attached hydrogens (tertiary/aromatic N) is 2. The molecule has 0 aliphatic heterocycles. The molecule has 7 heteroatoms. The maximum absolute atomic E-state index is 6.36. The van der Waals surface area contributed by atoms with E-state index in [4.69, 9.17) is 38.7 Å². The van der Waals surface area contributed by atoms with Gasteiger partial charge in [-0.25, -0.2) is 9.97 Å². The lowest BCUT2D eigenvalue weighted by Gasteiger charge is -2.13. The van der Waals surface area contributed by atoms with Gasteiger partial charge < -0.3 is 15.8 Å². The van der Waals surface area contributed by atoms with E-state index in [-0.39, 0.29) is 0 Å². The molecule has 0 spiro atoms. The number of nitrogens with one attached hydrogen (secondary N) is 1. The van der Waals surface area contributed by atoms with Crippen molar-refractivity contribution < 1.29 is 4.74 Å². The molecule has 1 heterocycles. The predicted molar refractivity (Wildman–Crippen MR) is 143 cm³/mol. The minimum absolute atomic E-state index is 0.467. The Morgan fingerprint density at radius 2 is 1.60 bits per heavy atom. The van der Waals surface area contributed by atoms with E-state index in [1.807, 2.05) is 12.1 Å². The van der Waals surface area contributed by atoms with Crippen molar-refractivity contribution in [3.05, 3.63) is 75.0 Å². The van der Waals surface area contributed by atoms with E-state index < -0.39 is 0 Å². The molecule has 0 unspecified atom stereocenters. The van der Waals surface area contributed by atoms with Crippen molar-refractivity contribution in [1.82, 2.24) is 15.3 Å². The van der Waals surface area contributed by atoms with Crippen LogP contribution < -0.4 is 11.1 Å². The van der Waals surface area contributed by atoms with Crippen molar-refractivity contribution in [2.24, 2.45) is 0 Å². The highest BCUT2D eigenvalue weighted by Crippen LogP contribution is 2.47. The molecule has 0 bridgehead atoms. The molecule has 3 aliphatic carbocycles. The molecule has 0 atom stereocenters. The van der Waals surface area contributed by atoms with Gasteiger partial charge in [-0.2, -0.15) is 0 Å². The van der Waals surface area contributed by atoms with Crippen LogP contribution in [0.2, 0.25) is 10.0 Å². The minimum atomic E-state index is 0.467. The van der Waals surface area contributed by atoms with Crippen molar-refractivity contribution in [3.8, 4) is 11.3 Å². The van der Waals surface area contributed by atoms with Gasteiger partial charge in [-0.15, -0.1) is 0 Å². The van der Waals surface area contributed by atoms with E-state index in [9.17, 15) is 0 Å². The number of hydrogen-bond acceptors (Lipinski definition) is 5. The molecule has 0 amide bonds. The van der Waals surface area contributed by atoms with Gasteiger partial charge in [-0.05, 0) is 67.9 Å². The predicted octanol–water partition coefficient (Wildman–Crippen LogP) is 6.18. The van der Waals surface area contributed by atoms with Crippen LogP contribution in [0.4, 0.5) is 5.82 Å². The first-order chi connectivity index (χ1) is 17.0. The fraction of sp³-hybridized carbons (Fsp3) is 0.429. The molecular weight excluding hydrogens is 479 g/mol. The van der Waals surface area contributed by atoms with E-state index >= 15 is 0 Å². The standard InChI is InChI=1S/C16H15Cl2N3.C12H17NO/c17-10-5-6-11(12(18)7-10)15-13(8-1-2-8)21-16(19)14(20-15)9-3-4-9;1-14-7-6-13-12-8-10-4-2-3-5-11(10)9-12/h5-9H,1-4H2,(H2,19,21);2-5,12-13H,6-9H2,1H3. The fourth-order valence-electron chi connectivity index (χ4n) is 4.72. The lowest BCUT2D eigenvalue weighted by molar-refractivity contribution is 0.196. The van der Waals surface area contributed by atoms with Crippen molar-refractivity contribution in [2.75, 3.05) is 26.0 Å². The van der Waals surface area contributed by atoms with Crippen LogP contribution in [0.3, 0.4) is 0 Å². The van der Waals surface area contributed by atoms with Crippen LogP contribution in [0.25, 0.3) is 11.3 Å². The number of aromatic nitrogens is 2. The maximum atomic E-state index is 6.36. The first-order valence-corrected chi connectivity index (χ1v) is 13.2. The summed E-state index contributed by atoms with van der Waals surface area (Å²) in [7, 11) is 1.74. The number of halogens is 2. The van der Waals surface area contributed by atoms with Crippen LogP contribution in [0.1, 0.15) is 60.0 Å². The third-order valence-electron chi connectivity index (χ3n) is 6.88. The van der Waals surface area contributed by atoms with Crippen molar-refractivity contribution in [3.63, 3.8) is 0 Å². The lowest BCUT2D eigenvalue weighted by Crippen LogP contribution is -2.32. The monoisotopic (exact) mass is 510 g/mol. The molecule has 2 aromatic carbocycles. The molecule has 3 aromatic rings. The van der Waals surface area contributed by atoms with Gasteiger partial charge in [-0.3, -0.25) is 0 Å². The summed E-state index contributed by atoms with van der Waals surface area (Å²) in [5.74, 6) is 1.53. The molecule has 0 radical (unpaired) electrons. The Morgan fingerprint density at radius 3 is 2.20 bits per heavy atom. The second-order valence-corrected chi connectivity index (χ2v) is 10.6. The molecule has 1 aromatic heterocycles. The zero-order valence-corrected chi connectivity index (χ0v) is 21.6. The highest BCUT2D eigenvalue weighted by atomic mass is 35.5. The Morgan fingerprint density at radius 1 is 0.943 bits per heavy atom. The second kappa shape index (κ2) is 10.8. The number of hydrogen-bond donors (Lipinski definition) is 2. The van der Waals surface area contributed by atoms with Crippen LogP contribution in [0.15, 0.2) is 42.5 Å². The topological polar surface area (TPSA) is 73.1 Å². The van der Waals surface area contributed by atoms with Gasteiger partial charge in [-0.1, -0.05) is 47.5 Å². The molecular formula is C28H32Cl2N4O. The molecule has 184 valence electrons. The highest BCUT2D eigenvalue weighted by molar-refractivity contribution is 6.36. The SMILES string of the molecule is COCCNC1Cc2ccccc2C1.Nc1nc(C2CC2)c(-c2ccc(Cl)cc2Cl)nc1C1CC1. The number of benzene rings is 2. The summed E-state index contributed by atoms with van der Waals surface area (Å²) in [5.41, 5.74) is 12.8. The molecule has 2 saturated carbocycles. The van der Waals surface area contributed by atoms with Crippen molar-refractivity contribution in [1.29, 1.82) is 0 Å². The molecule has 3 N–H and O–H groups in total. The number of fused-ring (bicyclic) bond motifs is 1. The van der Waals surface area contributed by atoms with Crippen molar-refractivity contribution in [2.45, 2.75) is 56.4 Å². The number of methoxy groups -OCH3 is 1. The van der Waals surface area contributed by atoms with Gasteiger partial charge in [0.2, 0.25) is 0 Å². The van der Waals surface area contributed by atoms with Gasteiger partial charge in [0.1, 0.15) is 5.82 Å². The highest BCUT2D eigenvalue weighted by Gasteiger charge is 2.34. The third-order valence-corrected chi connectivity index (χ3v) is 7.43. The number of ether oxygens (including phenoxy) is 1. The summed E-state index contributed by atoms with van der Waals surface area (Å²) in [6.45, 7) is 1.75. The molecule has 3 aliphatic rings. The number of nitrogen functional groups attached to an aromatic ring is 1. The molecule has 35 heavy (non-hydrogen) atoms. The van der Waals surface area contributed by atoms with Crippen LogP contribution >= 0.6 is 23.2 Å². The van der Waals surface area contributed by atoms with Crippen molar-refractivity contribution >= 4 is 29.0 Å². The summed E-state index contributed by atoms with van der Waals surface area (Å²) in [5, 5.41) is 4.75. The van der Waals surface area contributed by atoms with Crippen LogP contribution in [0, 0.1) is 0 Å². The second-order valence-electron chi connectivity index (χ2n) is 9.72. The summed E-state index contributed by atoms with van der Waals surface area (Å²) in [4.78, 5) is 9.50. The van der Waals surface area contributed by atoms with Gasteiger partial charge >= 0.3 is 0 Å². The number of anilines is 1. The quantitative estimate of drug-likeness (QED) is 0.371. The van der Waals surface area contributed by atoms with Crippen LogP contribution in [0.5, 0.6) is 0 Å². The van der Waals surface area contributed by atoms with Gasteiger partial charge in [0, 0.05) is 42.1 Å². The van der Waals surface area contributed by atoms with Gasteiger partial charge in [0.25, 0.3) is 0 Å². The summed E-state index contributed by atoms with van der Waals surface area (Å²) < 4.78 is 5.02. The maximum Gasteiger partial charge on any atom is 0.145 e. The summed E-state index contributed by atoms with van der Waals surface area (Å²) in [6.07, 6.45) is 6.93. The largest absolute Gasteiger partial charge is 0.383 e. The normalized spacial score (nSPS) is 17.1. The summed E-state index contributed by atoms with van der Waals surface area (Å²) in [6, 6.07) is 14.8. The molecule has 5 nitrogen and oxygen atoms in total. The zero-order chi connectivity index (χ0) is 24.4. The van der Waals surface area contributed by atoms with E-state index in [2.05, 4.69) is 34.6 Å². The number of nitrogens with two attached hydrogens (primary N) is 1. The number of rotatable bonds is 7. The zero-order valence-electron chi connectivity index (χ0n) is 20.1. The summed E-state index contributed by atoms with van der Waals surface area (Å²) >= 11 is 12.4. The minimum Gasteiger partial charge on any atom is -0.383 e. The Bertz CT molecular complexity index is 1170. The molecule has 0 saturated heterocycles. The van der Waals surface area contributed by atoms with Crippen LogP contribution in [-0.4, -0.2) is 36.3 Å². The molecule has 2 fully saturated rings. The third kappa shape index (κ3) is 5.97. The first kappa shape index (κ1) is 24.5. The lowest BCUT2D eigenvalue weighted by atomic mass is 10.1. The Labute approximate surface area is 217 Å². The average Bonchev–Trinajstić information content (AvgIpc) is 3.77. The fourth-order valence-corrected chi connectivity index (χ4v) is 5.22. The smallest absolute Gasteiger partial charge is 0.145 e. The Kier molecular flexibility index (Phi) is 7.59. The van der Waals surface area contributed by atoms with E-state index in [1.54, 1.807) is 13.2 Å². The Hall–Kier alpha value is -2.18. The average molecular weight is 511 g/mol. The van der Waals surface area contributed by atoms with E-state index in [0.717, 1.165) is 61.5 Å². The van der Waals surface area contributed by atoms with E-state index in [1.165, 1.54) is 24.0 Å².